The average Bonchev–Trinajstić information content (AvgIpc) is 2.99. The van der Waals surface area contributed by atoms with Crippen LogP contribution in [0.2, 0.25) is 5.02 Å². The topological polar surface area (TPSA) is 69.6 Å². The standard InChI is InChI=1S/C13H16ClN5/c1-2-4-8-7-11(8)19-13(16-17-18-19)9-5-3-6-10(15)12(9)14/h3,5-6,8,11H,2,4,7,15H2,1H3. The highest BCUT2D eigenvalue weighted by Crippen LogP contribution is 2.47. The van der Waals surface area contributed by atoms with Crippen LogP contribution in [0.1, 0.15) is 32.2 Å². The third kappa shape index (κ3) is 2.18. The van der Waals surface area contributed by atoms with Gasteiger partial charge >= 0.3 is 0 Å². The summed E-state index contributed by atoms with van der Waals surface area (Å²) in [5, 5.41) is 12.5. The van der Waals surface area contributed by atoms with E-state index in [9.17, 15) is 0 Å². The summed E-state index contributed by atoms with van der Waals surface area (Å²) >= 11 is 6.25. The van der Waals surface area contributed by atoms with E-state index in [-0.39, 0.29) is 0 Å². The highest BCUT2D eigenvalue weighted by Gasteiger charge is 2.40. The Kier molecular flexibility index (Phi) is 3.14. The van der Waals surface area contributed by atoms with Crippen LogP contribution in [0.4, 0.5) is 5.69 Å². The molecule has 5 nitrogen and oxygen atoms in total. The predicted molar refractivity (Wildman–Crippen MR) is 74.7 cm³/mol. The maximum absolute atomic E-state index is 6.25. The fourth-order valence-electron chi connectivity index (χ4n) is 2.53. The van der Waals surface area contributed by atoms with Gasteiger partial charge in [0.15, 0.2) is 5.82 Å². The van der Waals surface area contributed by atoms with Crippen LogP contribution < -0.4 is 5.73 Å². The normalized spacial score (nSPS) is 21.6. The van der Waals surface area contributed by atoms with Gasteiger partial charge in [-0.3, -0.25) is 0 Å². The Hall–Kier alpha value is -1.62. The van der Waals surface area contributed by atoms with E-state index in [4.69, 9.17) is 17.3 Å². The molecule has 1 aromatic heterocycles. The molecule has 1 aromatic carbocycles. The Morgan fingerprint density at radius 2 is 2.32 bits per heavy atom. The van der Waals surface area contributed by atoms with Gasteiger partial charge in [-0.1, -0.05) is 31.0 Å². The first-order chi connectivity index (χ1) is 9.22. The van der Waals surface area contributed by atoms with Gasteiger partial charge in [0.25, 0.3) is 0 Å². The number of benzene rings is 1. The third-order valence-electron chi connectivity index (χ3n) is 3.62. The van der Waals surface area contributed by atoms with Gasteiger partial charge in [-0.2, -0.15) is 0 Å². The molecule has 1 aliphatic rings. The number of hydrogen-bond acceptors (Lipinski definition) is 4. The van der Waals surface area contributed by atoms with Crippen LogP contribution in [-0.2, 0) is 0 Å². The highest BCUT2D eigenvalue weighted by atomic mass is 35.5. The van der Waals surface area contributed by atoms with Gasteiger partial charge in [0.2, 0.25) is 0 Å². The molecule has 0 bridgehead atoms. The maximum atomic E-state index is 6.25. The van der Waals surface area contributed by atoms with Gasteiger partial charge < -0.3 is 5.73 Å². The molecular formula is C13H16ClN5. The summed E-state index contributed by atoms with van der Waals surface area (Å²) in [4.78, 5) is 0. The first kappa shape index (κ1) is 12.4. The van der Waals surface area contributed by atoms with Crippen LogP contribution >= 0.6 is 11.6 Å². The Bertz CT molecular complexity index is 594. The summed E-state index contributed by atoms with van der Waals surface area (Å²) in [6.45, 7) is 2.20. The van der Waals surface area contributed by atoms with Gasteiger partial charge in [-0.15, -0.1) is 5.10 Å². The van der Waals surface area contributed by atoms with Crippen LogP contribution in [0, 0.1) is 5.92 Å². The van der Waals surface area contributed by atoms with Crippen molar-refractivity contribution in [2.24, 2.45) is 5.92 Å². The monoisotopic (exact) mass is 277 g/mol. The predicted octanol–water partition coefficient (Wildman–Crippen LogP) is 2.94. The number of halogens is 1. The molecule has 0 radical (unpaired) electrons. The molecule has 0 spiro atoms. The Morgan fingerprint density at radius 3 is 3.11 bits per heavy atom. The molecule has 1 aliphatic carbocycles. The molecular weight excluding hydrogens is 262 g/mol. The summed E-state index contributed by atoms with van der Waals surface area (Å²) in [5.41, 5.74) is 7.18. The number of rotatable bonds is 4. The van der Waals surface area contributed by atoms with Crippen molar-refractivity contribution in [1.82, 2.24) is 20.2 Å². The zero-order valence-electron chi connectivity index (χ0n) is 10.8. The molecule has 6 heteroatoms. The molecule has 2 aromatic rings. The molecule has 19 heavy (non-hydrogen) atoms. The van der Waals surface area contributed by atoms with Crippen molar-refractivity contribution in [2.45, 2.75) is 32.2 Å². The Labute approximate surface area is 116 Å². The van der Waals surface area contributed by atoms with Crippen molar-refractivity contribution in [3.05, 3.63) is 23.2 Å². The molecule has 0 saturated heterocycles. The fourth-order valence-corrected chi connectivity index (χ4v) is 2.74. The number of hydrogen-bond donors (Lipinski definition) is 1. The van der Waals surface area contributed by atoms with Crippen LogP contribution in [-0.4, -0.2) is 20.2 Å². The summed E-state index contributed by atoms with van der Waals surface area (Å²) in [6.07, 6.45) is 3.55. The average molecular weight is 278 g/mol. The highest BCUT2D eigenvalue weighted by molar-refractivity contribution is 6.35. The first-order valence-electron chi connectivity index (χ1n) is 6.54. The smallest absolute Gasteiger partial charge is 0.183 e. The molecule has 2 atom stereocenters. The number of nitrogens with zero attached hydrogens (tertiary/aromatic N) is 4. The number of anilines is 1. The second-order valence-corrected chi connectivity index (χ2v) is 5.39. The maximum Gasteiger partial charge on any atom is 0.183 e. The van der Waals surface area contributed by atoms with Gasteiger partial charge in [-0.05, 0) is 41.3 Å². The number of nitrogens with two attached hydrogens (primary N) is 1. The van der Waals surface area contributed by atoms with E-state index in [1.807, 2.05) is 16.8 Å². The molecule has 1 saturated carbocycles. The minimum Gasteiger partial charge on any atom is -0.398 e. The van der Waals surface area contributed by atoms with Crippen molar-refractivity contribution in [3.63, 3.8) is 0 Å². The summed E-state index contributed by atoms with van der Waals surface area (Å²) < 4.78 is 1.89. The summed E-state index contributed by atoms with van der Waals surface area (Å²) in [5.74, 6) is 1.40. The van der Waals surface area contributed by atoms with Crippen molar-refractivity contribution >= 4 is 17.3 Å². The lowest BCUT2D eigenvalue weighted by atomic mass is 10.2. The van der Waals surface area contributed by atoms with Crippen LogP contribution in [0.5, 0.6) is 0 Å². The van der Waals surface area contributed by atoms with Crippen molar-refractivity contribution in [2.75, 3.05) is 5.73 Å². The first-order valence-corrected chi connectivity index (χ1v) is 6.92. The Balaban J connectivity index is 1.95. The lowest BCUT2D eigenvalue weighted by molar-refractivity contribution is 0.548. The fraction of sp³-hybridized carbons (Fsp3) is 0.462. The van der Waals surface area contributed by atoms with Gasteiger partial charge in [-0.25, -0.2) is 4.68 Å². The molecule has 2 unspecified atom stereocenters. The van der Waals surface area contributed by atoms with Gasteiger partial charge in [0, 0.05) is 5.56 Å². The molecule has 1 fully saturated rings. The van der Waals surface area contributed by atoms with E-state index in [2.05, 4.69) is 22.4 Å². The van der Waals surface area contributed by atoms with E-state index >= 15 is 0 Å². The Morgan fingerprint density at radius 1 is 1.47 bits per heavy atom. The van der Waals surface area contributed by atoms with Gasteiger partial charge in [0.1, 0.15) is 0 Å². The summed E-state index contributed by atoms with van der Waals surface area (Å²) in [6, 6.07) is 5.95. The largest absolute Gasteiger partial charge is 0.398 e. The third-order valence-corrected chi connectivity index (χ3v) is 4.04. The van der Waals surface area contributed by atoms with Crippen molar-refractivity contribution in [3.8, 4) is 11.4 Å². The summed E-state index contributed by atoms with van der Waals surface area (Å²) in [7, 11) is 0. The van der Waals surface area contributed by atoms with Crippen LogP contribution in [0.15, 0.2) is 18.2 Å². The molecule has 0 amide bonds. The van der Waals surface area contributed by atoms with E-state index in [1.54, 1.807) is 6.07 Å². The lowest BCUT2D eigenvalue weighted by Crippen LogP contribution is -2.03. The zero-order chi connectivity index (χ0) is 13.4. The van der Waals surface area contributed by atoms with E-state index in [0.29, 0.717) is 28.5 Å². The SMILES string of the molecule is CCCC1CC1n1nnnc1-c1cccc(N)c1Cl. The second-order valence-electron chi connectivity index (χ2n) is 5.01. The van der Waals surface area contributed by atoms with E-state index in [1.165, 1.54) is 12.8 Å². The van der Waals surface area contributed by atoms with E-state index in [0.717, 1.165) is 12.0 Å². The van der Waals surface area contributed by atoms with E-state index < -0.39 is 0 Å². The number of nitrogen functional groups attached to an aromatic ring is 1. The van der Waals surface area contributed by atoms with Crippen molar-refractivity contribution in [1.29, 1.82) is 0 Å². The number of aromatic nitrogens is 4. The van der Waals surface area contributed by atoms with Crippen LogP contribution in [0.25, 0.3) is 11.4 Å². The molecule has 3 rings (SSSR count). The zero-order valence-corrected chi connectivity index (χ0v) is 11.5. The number of tetrazole rings is 1. The quantitative estimate of drug-likeness (QED) is 0.873. The van der Waals surface area contributed by atoms with Crippen LogP contribution in [0.3, 0.4) is 0 Å². The van der Waals surface area contributed by atoms with Gasteiger partial charge in [0.05, 0.1) is 16.8 Å². The minimum atomic E-state index is 0.405. The molecule has 0 aliphatic heterocycles. The molecule has 100 valence electrons. The molecule has 1 heterocycles. The second kappa shape index (κ2) is 4.81. The lowest BCUT2D eigenvalue weighted by Gasteiger charge is -2.07. The molecule has 2 N–H and O–H groups in total. The minimum absolute atomic E-state index is 0.405. The van der Waals surface area contributed by atoms with Crippen molar-refractivity contribution < 1.29 is 0 Å².